The smallest absolute Gasteiger partial charge is 0.404 e. The van der Waals surface area contributed by atoms with E-state index in [4.69, 9.17) is 0 Å². The number of halogens is 3. The maximum absolute atomic E-state index is 12.9. The lowest BCUT2D eigenvalue weighted by Crippen LogP contribution is -2.30. The summed E-state index contributed by atoms with van der Waals surface area (Å²) in [5.74, 6) is -0.802. The second kappa shape index (κ2) is 7.99. The first-order valence-electron chi connectivity index (χ1n) is 8.08. The monoisotopic (exact) mass is 408 g/mol. The van der Waals surface area contributed by atoms with E-state index in [2.05, 4.69) is 14.4 Å². The van der Waals surface area contributed by atoms with Crippen LogP contribution < -0.4 is 9.46 Å². The molecule has 1 atom stereocenters. The molecule has 0 spiro atoms. The van der Waals surface area contributed by atoms with Crippen LogP contribution in [0.1, 0.15) is 17.2 Å². The van der Waals surface area contributed by atoms with Crippen molar-refractivity contribution < 1.29 is 26.3 Å². The third-order valence-electron chi connectivity index (χ3n) is 3.81. The van der Waals surface area contributed by atoms with Crippen LogP contribution in [0.25, 0.3) is 0 Å². The Bertz CT molecular complexity index is 988. The van der Waals surface area contributed by atoms with Gasteiger partial charge in [0.15, 0.2) is 0 Å². The van der Waals surface area contributed by atoms with Gasteiger partial charge in [-0.3, -0.25) is 4.98 Å². The molecular formula is C19H15F3N2O3S. The molecule has 28 heavy (non-hydrogen) atoms. The van der Waals surface area contributed by atoms with Gasteiger partial charge in [0.2, 0.25) is 10.0 Å². The van der Waals surface area contributed by atoms with Crippen molar-refractivity contribution in [2.24, 2.45) is 0 Å². The Kier molecular flexibility index (Phi) is 5.66. The number of aromatic nitrogens is 1. The molecule has 146 valence electrons. The molecule has 1 aromatic heterocycles. The molecule has 3 rings (SSSR count). The molecule has 3 aromatic rings. The van der Waals surface area contributed by atoms with Gasteiger partial charge in [0, 0.05) is 12.4 Å². The predicted molar refractivity (Wildman–Crippen MR) is 96.0 cm³/mol. The molecule has 0 amide bonds. The summed E-state index contributed by atoms with van der Waals surface area (Å²) in [6.45, 7) is 0. The van der Waals surface area contributed by atoms with Crippen LogP contribution in [0.5, 0.6) is 5.75 Å². The summed E-state index contributed by atoms with van der Waals surface area (Å²) in [6.07, 6.45) is -2.02. The zero-order chi connectivity index (χ0) is 20.2. The molecule has 0 saturated carbocycles. The molecule has 2 aromatic carbocycles. The lowest BCUT2D eigenvalue weighted by Gasteiger charge is -2.21. The lowest BCUT2D eigenvalue weighted by molar-refractivity contribution is -0.275. The van der Waals surface area contributed by atoms with Crippen LogP contribution in [0.2, 0.25) is 0 Å². The SMILES string of the molecule is O=S(=O)(NC(c1ccccc1)c1ccncc1)c1ccccc1OC(F)(F)F. The number of hydrogen-bond donors (Lipinski definition) is 1. The average molecular weight is 408 g/mol. The number of alkyl halides is 3. The van der Waals surface area contributed by atoms with E-state index < -0.39 is 33.1 Å². The fourth-order valence-corrected chi connectivity index (χ4v) is 3.97. The number of nitrogens with one attached hydrogen (secondary N) is 1. The summed E-state index contributed by atoms with van der Waals surface area (Å²) in [5, 5.41) is 0. The van der Waals surface area contributed by atoms with Crippen LogP contribution in [0.15, 0.2) is 84.0 Å². The summed E-state index contributed by atoms with van der Waals surface area (Å²) in [7, 11) is -4.35. The molecule has 1 N–H and O–H groups in total. The van der Waals surface area contributed by atoms with Gasteiger partial charge in [0.1, 0.15) is 10.6 Å². The largest absolute Gasteiger partial charge is 0.573 e. The number of hydrogen-bond acceptors (Lipinski definition) is 4. The number of ether oxygens (including phenoxy) is 1. The first-order valence-corrected chi connectivity index (χ1v) is 9.56. The number of nitrogens with zero attached hydrogens (tertiary/aromatic N) is 1. The summed E-state index contributed by atoms with van der Waals surface area (Å²) in [6, 6.07) is 15.7. The van der Waals surface area contributed by atoms with Crippen molar-refractivity contribution >= 4 is 10.0 Å². The van der Waals surface area contributed by atoms with E-state index in [9.17, 15) is 21.6 Å². The van der Waals surface area contributed by atoms with Crippen molar-refractivity contribution in [2.75, 3.05) is 0 Å². The molecule has 0 saturated heterocycles. The molecule has 9 heteroatoms. The van der Waals surface area contributed by atoms with E-state index >= 15 is 0 Å². The first kappa shape index (κ1) is 19.8. The highest BCUT2D eigenvalue weighted by molar-refractivity contribution is 7.89. The normalized spacial score (nSPS) is 13.1. The Morgan fingerprint density at radius 1 is 0.857 bits per heavy atom. The van der Waals surface area contributed by atoms with E-state index in [0.717, 1.165) is 12.1 Å². The molecule has 1 heterocycles. The molecule has 1 unspecified atom stereocenters. The van der Waals surface area contributed by atoms with Gasteiger partial charge in [-0.05, 0) is 35.4 Å². The summed E-state index contributed by atoms with van der Waals surface area (Å²) < 4.78 is 70.2. The van der Waals surface area contributed by atoms with E-state index in [1.54, 1.807) is 42.5 Å². The predicted octanol–water partition coefficient (Wildman–Crippen LogP) is 4.05. The molecule has 5 nitrogen and oxygen atoms in total. The second-order valence-electron chi connectivity index (χ2n) is 5.74. The van der Waals surface area contributed by atoms with Gasteiger partial charge in [0.05, 0.1) is 6.04 Å². The summed E-state index contributed by atoms with van der Waals surface area (Å²) in [4.78, 5) is 3.30. The molecule has 0 aliphatic heterocycles. The number of sulfonamides is 1. The number of benzene rings is 2. The van der Waals surface area contributed by atoms with E-state index in [1.807, 2.05) is 0 Å². The third kappa shape index (κ3) is 4.87. The zero-order valence-electron chi connectivity index (χ0n) is 14.3. The van der Waals surface area contributed by atoms with Crippen LogP contribution in [-0.2, 0) is 10.0 Å². The van der Waals surface area contributed by atoms with Gasteiger partial charge in [-0.1, -0.05) is 42.5 Å². The summed E-state index contributed by atoms with van der Waals surface area (Å²) >= 11 is 0. The van der Waals surface area contributed by atoms with Crippen LogP contribution in [0, 0.1) is 0 Å². The quantitative estimate of drug-likeness (QED) is 0.668. The van der Waals surface area contributed by atoms with Gasteiger partial charge in [0.25, 0.3) is 0 Å². The maximum Gasteiger partial charge on any atom is 0.573 e. The Balaban J connectivity index is 2.02. The van der Waals surface area contributed by atoms with Gasteiger partial charge in [-0.25, -0.2) is 8.42 Å². The fourth-order valence-electron chi connectivity index (χ4n) is 2.63. The van der Waals surface area contributed by atoms with E-state index in [1.165, 1.54) is 24.5 Å². The third-order valence-corrected chi connectivity index (χ3v) is 5.27. The van der Waals surface area contributed by atoms with Crippen LogP contribution in [0.3, 0.4) is 0 Å². The van der Waals surface area contributed by atoms with Crippen LogP contribution in [0.4, 0.5) is 13.2 Å². The molecular weight excluding hydrogens is 393 g/mol. The zero-order valence-corrected chi connectivity index (χ0v) is 15.1. The molecule has 0 aliphatic rings. The van der Waals surface area contributed by atoms with Crippen LogP contribution in [-0.4, -0.2) is 19.8 Å². The number of pyridine rings is 1. The standard InChI is InChI=1S/C19H15F3N2O3S/c20-19(21,22)27-16-8-4-5-9-17(16)28(25,26)24-18(14-6-2-1-3-7-14)15-10-12-23-13-11-15/h1-13,18,24H. The van der Waals surface area contributed by atoms with Gasteiger partial charge >= 0.3 is 6.36 Å². The Hall–Kier alpha value is -2.91. The number of para-hydroxylation sites is 1. The fraction of sp³-hybridized carbons (Fsp3) is 0.105. The Morgan fingerprint density at radius 3 is 2.07 bits per heavy atom. The highest BCUT2D eigenvalue weighted by Crippen LogP contribution is 2.31. The Labute approximate surface area is 159 Å². The molecule has 0 bridgehead atoms. The van der Waals surface area contributed by atoms with E-state index in [-0.39, 0.29) is 0 Å². The van der Waals surface area contributed by atoms with Gasteiger partial charge in [-0.2, -0.15) is 4.72 Å². The number of rotatable bonds is 6. The summed E-state index contributed by atoms with van der Waals surface area (Å²) in [5.41, 5.74) is 1.20. The highest BCUT2D eigenvalue weighted by Gasteiger charge is 2.34. The van der Waals surface area contributed by atoms with Crippen molar-refractivity contribution in [1.82, 2.24) is 9.71 Å². The second-order valence-corrected chi connectivity index (χ2v) is 7.42. The highest BCUT2D eigenvalue weighted by atomic mass is 32.2. The van der Waals surface area contributed by atoms with E-state index in [0.29, 0.717) is 11.1 Å². The van der Waals surface area contributed by atoms with Gasteiger partial charge < -0.3 is 4.74 Å². The Morgan fingerprint density at radius 2 is 1.43 bits per heavy atom. The topological polar surface area (TPSA) is 68.3 Å². The minimum absolute atomic E-state index is 0.582. The van der Waals surface area contributed by atoms with Crippen LogP contribution >= 0.6 is 0 Å². The average Bonchev–Trinajstić information content (AvgIpc) is 2.67. The van der Waals surface area contributed by atoms with Crippen molar-refractivity contribution in [2.45, 2.75) is 17.3 Å². The molecule has 0 fully saturated rings. The first-order chi connectivity index (χ1) is 13.3. The van der Waals surface area contributed by atoms with Crippen molar-refractivity contribution in [3.05, 3.63) is 90.3 Å². The van der Waals surface area contributed by atoms with Gasteiger partial charge in [-0.15, -0.1) is 13.2 Å². The minimum atomic E-state index is -5.02. The van der Waals surface area contributed by atoms with Crippen molar-refractivity contribution in [3.8, 4) is 5.75 Å². The molecule has 0 aliphatic carbocycles. The van der Waals surface area contributed by atoms with Crippen molar-refractivity contribution in [3.63, 3.8) is 0 Å². The maximum atomic E-state index is 12.9. The van der Waals surface area contributed by atoms with Crippen molar-refractivity contribution in [1.29, 1.82) is 0 Å². The minimum Gasteiger partial charge on any atom is -0.404 e. The lowest BCUT2D eigenvalue weighted by atomic mass is 10.0. The molecule has 0 radical (unpaired) electrons.